The summed E-state index contributed by atoms with van der Waals surface area (Å²) in [7, 11) is 0. The quantitative estimate of drug-likeness (QED) is 0.833. The normalized spacial score (nSPS) is 28.9. The Labute approximate surface area is 121 Å². The molecular formula is C17H26N2O. The Morgan fingerprint density at radius 3 is 2.80 bits per heavy atom. The summed E-state index contributed by atoms with van der Waals surface area (Å²) in [4.78, 5) is 2.44. The van der Waals surface area contributed by atoms with Crippen LogP contribution in [0.3, 0.4) is 0 Å². The van der Waals surface area contributed by atoms with E-state index < -0.39 is 6.10 Å². The van der Waals surface area contributed by atoms with Crippen LogP contribution in [0.25, 0.3) is 0 Å². The van der Waals surface area contributed by atoms with Gasteiger partial charge in [-0.15, -0.1) is 0 Å². The molecule has 1 heterocycles. The summed E-state index contributed by atoms with van der Waals surface area (Å²) in [6.45, 7) is 3.05. The third-order valence-corrected chi connectivity index (χ3v) is 5.10. The van der Waals surface area contributed by atoms with Crippen LogP contribution in [0.2, 0.25) is 0 Å². The predicted molar refractivity (Wildman–Crippen MR) is 82.3 cm³/mol. The molecule has 1 saturated heterocycles. The van der Waals surface area contributed by atoms with Crippen molar-refractivity contribution in [1.82, 2.24) is 4.90 Å². The van der Waals surface area contributed by atoms with Crippen LogP contribution in [0, 0.1) is 11.8 Å². The minimum Gasteiger partial charge on any atom is -0.399 e. The summed E-state index contributed by atoms with van der Waals surface area (Å²) < 4.78 is 0. The highest BCUT2D eigenvalue weighted by atomic mass is 16.3. The maximum absolute atomic E-state index is 10.4. The molecule has 2 fully saturated rings. The van der Waals surface area contributed by atoms with Gasteiger partial charge in [0.25, 0.3) is 0 Å². The number of aliphatic hydroxyl groups is 1. The van der Waals surface area contributed by atoms with Gasteiger partial charge in [-0.1, -0.05) is 31.4 Å². The molecule has 0 bridgehead atoms. The number of hydrogen-bond donors (Lipinski definition) is 2. The van der Waals surface area contributed by atoms with Crippen molar-refractivity contribution >= 4 is 5.69 Å². The predicted octanol–water partition coefficient (Wildman–Crippen LogP) is 2.81. The smallest absolute Gasteiger partial charge is 0.0917 e. The zero-order valence-electron chi connectivity index (χ0n) is 12.2. The fourth-order valence-electron chi connectivity index (χ4n) is 3.96. The van der Waals surface area contributed by atoms with E-state index in [1.54, 1.807) is 0 Å². The first-order valence-electron chi connectivity index (χ1n) is 7.98. The van der Waals surface area contributed by atoms with Crippen LogP contribution in [0.1, 0.15) is 43.8 Å². The molecule has 3 heteroatoms. The molecule has 1 saturated carbocycles. The van der Waals surface area contributed by atoms with Crippen LogP contribution >= 0.6 is 0 Å². The first-order valence-corrected chi connectivity index (χ1v) is 7.98. The molecule has 1 aliphatic heterocycles. The Morgan fingerprint density at radius 1 is 1.20 bits per heavy atom. The van der Waals surface area contributed by atoms with Crippen molar-refractivity contribution in [2.75, 3.05) is 25.4 Å². The van der Waals surface area contributed by atoms with Gasteiger partial charge in [0, 0.05) is 18.8 Å². The van der Waals surface area contributed by atoms with Crippen molar-refractivity contribution in [1.29, 1.82) is 0 Å². The molecule has 110 valence electrons. The minimum atomic E-state index is -0.418. The second-order valence-electron chi connectivity index (χ2n) is 6.54. The monoisotopic (exact) mass is 274 g/mol. The number of likely N-dealkylation sites (tertiary alicyclic amines) is 1. The molecule has 2 aliphatic rings. The Balaban J connectivity index is 1.58. The lowest BCUT2D eigenvalue weighted by Gasteiger charge is -2.41. The lowest BCUT2D eigenvalue weighted by molar-refractivity contribution is 0.0460. The summed E-state index contributed by atoms with van der Waals surface area (Å²) in [5.74, 6) is 1.81. The van der Waals surface area contributed by atoms with Gasteiger partial charge in [-0.25, -0.2) is 0 Å². The van der Waals surface area contributed by atoms with E-state index in [2.05, 4.69) is 4.90 Å². The number of fused-ring (bicyclic) bond motifs is 1. The van der Waals surface area contributed by atoms with Gasteiger partial charge in [0.1, 0.15) is 0 Å². The van der Waals surface area contributed by atoms with Gasteiger partial charge in [-0.2, -0.15) is 0 Å². The number of hydrogen-bond acceptors (Lipinski definition) is 3. The van der Waals surface area contributed by atoms with Gasteiger partial charge in [0.2, 0.25) is 0 Å². The van der Waals surface area contributed by atoms with E-state index in [0.717, 1.165) is 36.2 Å². The molecule has 1 aliphatic carbocycles. The second kappa shape index (κ2) is 6.15. The largest absolute Gasteiger partial charge is 0.399 e. The van der Waals surface area contributed by atoms with Gasteiger partial charge in [-0.3, -0.25) is 0 Å². The number of rotatable bonds is 3. The number of β-amino-alcohol motifs (C(OH)–C–C–N with tert-alkyl or cyclic N) is 1. The molecule has 1 aromatic carbocycles. The van der Waals surface area contributed by atoms with Crippen LogP contribution in [0.15, 0.2) is 24.3 Å². The SMILES string of the molecule is Nc1cccc(C(O)CN2CCC3CCCCC3C2)c1. The van der Waals surface area contributed by atoms with Crippen LogP contribution in [0.4, 0.5) is 5.69 Å². The molecule has 3 unspecified atom stereocenters. The van der Waals surface area contributed by atoms with E-state index >= 15 is 0 Å². The molecule has 0 aromatic heterocycles. The van der Waals surface area contributed by atoms with Crippen LogP contribution < -0.4 is 5.73 Å². The van der Waals surface area contributed by atoms with E-state index in [4.69, 9.17) is 5.73 Å². The van der Waals surface area contributed by atoms with Crippen LogP contribution in [-0.4, -0.2) is 29.6 Å². The standard InChI is InChI=1S/C17H26N2O/c18-16-7-3-6-14(10-16)17(20)12-19-9-8-13-4-1-2-5-15(13)11-19/h3,6-7,10,13,15,17,20H,1-2,4-5,8-9,11-12,18H2. The minimum absolute atomic E-state index is 0.418. The summed E-state index contributed by atoms with van der Waals surface area (Å²) >= 11 is 0. The van der Waals surface area contributed by atoms with Gasteiger partial charge in [0.15, 0.2) is 0 Å². The van der Waals surface area contributed by atoms with Gasteiger partial charge < -0.3 is 15.7 Å². The number of nitrogen functional groups attached to an aromatic ring is 1. The maximum atomic E-state index is 10.4. The zero-order chi connectivity index (χ0) is 13.9. The van der Waals surface area contributed by atoms with Crippen molar-refractivity contribution in [3.8, 4) is 0 Å². The fraction of sp³-hybridized carbons (Fsp3) is 0.647. The number of nitrogens with zero attached hydrogens (tertiary/aromatic N) is 1. The van der Waals surface area contributed by atoms with E-state index in [1.807, 2.05) is 24.3 Å². The van der Waals surface area contributed by atoms with Gasteiger partial charge >= 0.3 is 0 Å². The summed E-state index contributed by atoms with van der Waals surface area (Å²) in [6.07, 6.45) is 6.53. The molecule has 20 heavy (non-hydrogen) atoms. The van der Waals surface area contributed by atoms with E-state index in [0.29, 0.717) is 0 Å². The van der Waals surface area contributed by atoms with Crippen LogP contribution in [0.5, 0.6) is 0 Å². The number of nitrogens with two attached hydrogens (primary N) is 1. The molecule has 3 atom stereocenters. The van der Waals surface area contributed by atoms with Gasteiger partial charge in [-0.05, 0) is 48.9 Å². The number of piperidine rings is 1. The Hall–Kier alpha value is -1.06. The third kappa shape index (κ3) is 3.15. The maximum Gasteiger partial charge on any atom is 0.0917 e. The molecule has 0 spiro atoms. The second-order valence-corrected chi connectivity index (χ2v) is 6.54. The molecule has 3 N–H and O–H groups in total. The molecule has 0 amide bonds. The van der Waals surface area contributed by atoms with E-state index in [9.17, 15) is 5.11 Å². The van der Waals surface area contributed by atoms with E-state index in [1.165, 1.54) is 38.6 Å². The van der Waals surface area contributed by atoms with Gasteiger partial charge in [0.05, 0.1) is 6.10 Å². The number of anilines is 1. The lowest BCUT2D eigenvalue weighted by atomic mass is 9.75. The summed E-state index contributed by atoms with van der Waals surface area (Å²) in [6, 6.07) is 7.64. The lowest BCUT2D eigenvalue weighted by Crippen LogP contribution is -2.43. The Kier molecular flexibility index (Phi) is 4.27. The topological polar surface area (TPSA) is 49.5 Å². The van der Waals surface area contributed by atoms with Crippen molar-refractivity contribution in [2.24, 2.45) is 11.8 Å². The molecule has 3 nitrogen and oxygen atoms in total. The Morgan fingerprint density at radius 2 is 2.00 bits per heavy atom. The van der Waals surface area contributed by atoms with E-state index in [-0.39, 0.29) is 0 Å². The first-order chi connectivity index (χ1) is 9.72. The molecule has 3 rings (SSSR count). The third-order valence-electron chi connectivity index (χ3n) is 5.10. The first kappa shape index (κ1) is 13.9. The zero-order valence-corrected chi connectivity index (χ0v) is 12.2. The molecule has 1 aromatic rings. The van der Waals surface area contributed by atoms with Crippen LogP contribution in [-0.2, 0) is 0 Å². The fourth-order valence-corrected chi connectivity index (χ4v) is 3.96. The number of aliphatic hydroxyl groups excluding tert-OH is 1. The van der Waals surface area contributed by atoms with Crippen molar-refractivity contribution in [2.45, 2.75) is 38.2 Å². The van der Waals surface area contributed by atoms with Crippen molar-refractivity contribution in [3.63, 3.8) is 0 Å². The molecule has 0 radical (unpaired) electrons. The Bertz CT molecular complexity index is 448. The highest BCUT2D eigenvalue weighted by Gasteiger charge is 2.31. The molecular weight excluding hydrogens is 248 g/mol. The highest BCUT2D eigenvalue weighted by molar-refractivity contribution is 5.41. The number of benzene rings is 1. The van der Waals surface area contributed by atoms with Crippen molar-refractivity contribution in [3.05, 3.63) is 29.8 Å². The highest BCUT2D eigenvalue weighted by Crippen LogP contribution is 2.36. The summed E-state index contributed by atoms with van der Waals surface area (Å²) in [5.41, 5.74) is 7.46. The average Bonchev–Trinajstić information content (AvgIpc) is 2.47. The average molecular weight is 274 g/mol. The summed E-state index contributed by atoms with van der Waals surface area (Å²) in [5, 5.41) is 10.4. The van der Waals surface area contributed by atoms with Crippen molar-refractivity contribution < 1.29 is 5.11 Å².